The van der Waals surface area contributed by atoms with E-state index in [1.54, 1.807) is 0 Å². The highest BCUT2D eigenvalue weighted by molar-refractivity contribution is 5.82. The number of ether oxygens (including phenoxy) is 2. The molecule has 0 amide bonds. The molecule has 10 heteroatoms. The summed E-state index contributed by atoms with van der Waals surface area (Å²) in [5, 5.41) is 29.0. The van der Waals surface area contributed by atoms with Crippen LogP contribution < -0.4 is 10.5 Å². The maximum Gasteiger partial charge on any atom is 0.320 e. The molecule has 0 saturated carbocycles. The van der Waals surface area contributed by atoms with Gasteiger partial charge in [-0.1, -0.05) is 0 Å². The van der Waals surface area contributed by atoms with E-state index >= 15 is 0 Å². The van der Waals surface area contributed by atoms with Crippen LogP contribution in [0.15, 0.2) is 6.33 Å². The van der Waals surface area contributed by atoms with Crippen molar-refractivity contribution >= 4 is 17.0 Å². The van der Waals surface area contributed by atoms with Gasteiger partial charge in [0.2, 0.25) is 0 Å². The van der Waals surface area contributed by atoms with Crippen molar-refractivity contribution in [2.75, 3.05) is 19.5 Å². The van der Waals surface area contributed by atoms with E-state index in [1.165, 1.54) is 18.0 Å². The molecule has 0 aliphatic carbocycles. The number of anilines is 1. The molecule has 0 bridgehead atoms. The number of hydrogen-bond donors (Lipinski definition) is 4. The Labute approximate surface area is 118 Å². The summed E-state index contributed by atoms with van der Waals surface area (Å²) in [6.45, 7) is -0.415. The average Bonchev–Trinajstić information content (AvgIpc) is 3.02. The second kappa shape index (κ2) is 5.07. The maximum atomic E-state index is 10.0. The highest BCUT2D eigenvalue weighted by Crippen LogP contribution is 2.32. The normalized spacial score (nSPS) is 29.1. The lowest BCUT2D eigenvalue weighted by molar-refractivity contribution is -0.0511. The van der Waals surface area contributed by atoms with Crippen LogP contribution in [0.2, 0.25) is 0 Å². The number of nitrogens with two attached hydrogens (primary N) is 1. The number of aliphatic hydroxyl groups excluding tert-OH is 3. The van der Waals surface area contributed by atoms with E-state index in [2.05, 4.69) is 15.0 Å². The van der Waals surface area contributed by atoms with Gasteiger partial charge in [0.25, 0.3) is 0 Å². The molecule has 2 unspecified atom stereocenters. The Balaban J connectivity index is 2.07. The van der Waals surface area contributed by atoms with E-state index < -0.39 is 31.1 Å². The Morgan fingerprint density at radius 3 is 2.76 bits per heavy atom. The molecule has 3 rings (SSSR count). The van der Waals surface area contributed by atoms with E-state index in [4.69, 9.17) is 20.3 Å². The lowest BCUT2D eigenvalue weighted by atomic mass is 10.1. The molecule has 0 spiro atoms. The number of nitrogen functional groups attached to an aromatic ring is 1. The van der Waals surface area contributed by atoms with Gasteiger partial charge in [0.05, 0.1) is 20.0 Å². The number of rotatable bonds is 3. The van der Waals surface area contributed by atoms with Crippen molar-refractivity contribution < 1.29 is 24.8 Å². The summed E-state index contributed by atoms with van der Waals surface area (Å²) >= 11 is 0. The third-order valence-electron chi connectivity index (χ3n) is 3.40. The van der Waals surface area contributed by atoms with Crippen molar-refractivity contribution in [2.45, 2.75) is 24.5 Å². The maximum absolute atomic E-state index is 10.0. The van der Waals surface area contributed by atoms with Crippen molar-refractivity contribution in [3.8, 4) is 6.01 Å². The molecule has 0 aromatic carbocycles. The molecule has 0 radical (unpaired) electrons. The van der Waals surface area contributed by atoms with E-state index in [-0.39, 0.29) is 11.8 Å². The average molecular weight is 297 g/mol. The van der Waals surface area contributed by atoms with Gasteiger partial charge in [0.15, 0.2) is 23.2 Å². The SMILES string of the molecule is COc1nc(N)c2ncn([C@@H]3O[C@H](CO)C(O)C3O)c2n1. The van der Waals surface area contributed by atoms with Crippen LogP contribution >= 0.6 is 0 Å². The van der Waals surface area contributed by atoms with E-state index in [9.17, 15) is 10.2 Å². The topological polar surface area (TPSA) is 149 Å². The van der Waals surface area contributed by atoms with Gasteiger partial charge in [-0.05, 0) is 0 Å². The first-order chi connectivity index (χ1) is 10.1. The Morgan fingerprint density at radius 1 is 1.38 bits per heavy atom. The molecule has 2 aromatic rings. The summed E-state index contributed by atoms with van der Waals surface area (Å²) in [7, 11) is 1.40. The number of imidazole rings is 1. The monoisotopic (exact) mass is 297 g/mol. The summed E-state index contributed by atoms with van der Waals surface area (Å²) in [6, 6.07) is 0.0495. The van der Waals surface area contributed by atoms with Gasteiger partial charge >= 0.3 is 6.01 Å². The van der Waals surface area contributed by atoms with E-state index in [0.717, 1.165) is 0 Å². The van der Waals surface area contributed by atoms with E-state index in [1.807, 2.05) is 0 Å². The van der Waals surface area contributed by atoms with Gasteiger partial charge in [-0.15, -0.1) is 0 Å². The van der Waals surface area contributed by atoms with Crippen LogP contribution in [0.4, 0.5) is 5.82 Å². The minimum Gasteiger partial charge on any atom is -0.467 e. The fourth-order valence-corrected chi connectivity index (χ4v) is 2.30. The quantitative estimate of drug-likeness (QED) is 0.506. The minimum absolute atomic E-state index is 0.0495. The van der Waals surface area contributed by atoms with Crippen molar-refractivity contribution in [1.29, 1.82) is 0 Å². The van der Waals surface area contributed by atoms with Gasteiger partial charge in [0.1, 0.15) is 18.3 Å². The molecule has 10 nitrogen and oxygen atoms in total. The predicted octanol–water partition coefficient (Wildman–Crippen LogP) is -1.97. The lowest BCUT2D eigenvalue weighted by Gasteiger charge is -2.16. The van der Waals surface area contributed by atoms with Crippen molar-refractivity contribution in [1.82, 2.24) is 19.5 Å². The number of aliphatic hydroxyl groups is 3. The highest BCUT2D eigenvalue weighted by Gasteiger charge is 2.44. The number of fused-ring (bicyclic) bond motifs is 1. The zero-order chi connectivity index (χ0) is 15.1. The fourth-order valence-electron chi connectivity index (χ4n) is 2.30. The highest BCUT2D eigenvalue weighted by atomic mass is 16.6. The van der Waals surface area contributed by atoms with Crippen LogP contribution in [0.3, 0.4) is 0 Å². The Kier molecular flexibility index (Phi) is 3.37. The smallest absolute Gasteiger partial charge is 0.320 e. The first kappa shape index (κ1) is 13.9. The van der Waals surface area contributed by atoms with Gasteiger partial charge in [-0.2, -0.15) is 9.97 Å². The van der Waals surface area contributed by atoms with Crippen LogP contribution in [0.5, 0.6) is 6.01 Å². The molecule has 2 aromatic heterocycles. The number of nitrogens with zero attached hydrogens (tertiary/aromatic N) is 4. The van der Waals surface area contributed by atoms with E-state index in [0.29, 0.717) is 11.2 Å². The Hall–Kier alpha value is -2.01. The third kappa shape index (κ3) is 2.08. The minimum atomic E-state index is -1.23. The van der Waals surface area contributed by atoms with Crippen LogP contribution in [0, 0.1) is 0 Å². The molecule has 114 valence electrons. The molecule has 5 N–H and O–H groups in total. The zero-order valence-electron chi connectivity index (χ0n) is 11.1. The fraction of sp³-hybridized carbons (Fsp3) is 0.545. The molecule has 3 heterocycles. The van der Waals surface area contributed by atoms with Crippen molar-refractivity contribution in [2.24, 2.45) is 0 Å². The molecule has 21 heavy (non-hydrogen) atoms. The molecular formula is C11H15N5O5. The second-order valence-corrected chi connectivity index (χ2v) is 4.65. The van der Waals surface area contributed by atoms with Crippen molar-refractivity contribution in [3.63, 3.8) is 0 Å². The first-order valence-electron chi connectivity index (χ1n) is 6.23. The summed E-state index contributed by atoms with van der Waals surface area (Å²) in [6.07, 6.45) is -2.90. The molecule has 1 fully saturated rings. The molecular weight excluding hydrogens is 282 g/mol. The lowest BCUT2D eigenvalue weighted by Crippen LogP contribution is -2.33. The molecule has 4 atom stereocenters. The van der Waals surface area contributed by atoms with Gasteiger partial charge in [-0.25, -0.2) is 4.98 Å². The molecule has 1 aliphatic heterocycles. The van der Waals surface area contributed by atoms with Gasteiger partial charge < -0.3 is 30.5 Å². The zero-order valence-corrected chi connectivity index (χ0v) is 11.1. The number of aromatic nitrogens is 4. The number of methoxy groups -OCH3 is 1. The molecule has 1 aliphatic rings. The van der Waals surface area contributed by atoms with Crippen LogP contribution in [-0.2, 0) is 4.74 Å². The number of hydrogen-bond acceptors (Lipinski definition) is 9. The summed E-state index contributed by atoms with van der Waals surface area (Å²) in [4.78, 5) is 12.1. The Bertz CT molecular complexity index is 662. The van der Waals surface area contributed by atoms with Gasteiger partial charge in [0, 0.05) is 0 Å². The second-order valence-electron chi connectivity index (χ2n) is 4.65. The van der Waals surface area contributed by atoms with Crippen LogP contribution in [-0.4, -0.2) is 66.9 Å². The summed E-state index contributed by atoms with van der Waals surface area (Å²) in [5.74, 6) is 0.127. The first-order valence-corrected chi connectivity index (χ1v) is 6.23. The predicted molar refractivity (Wildman–Crippen MR) is 69.3 cm³/mol. The standard InChI is InChI=1S/C11H15N5O5/c1-20-11-14-8(12)5-9(15-11)16(3-13-5)10-7(19)6(18)4(2-17)21-10/h3-4,6-7,10,17-19H,2H2,1H3,(H2,12,14,15)/t4-,6?,7?,10-/m1/s1. The third-order valence-corrected chi connectivity index (χ3v) is 3.40. The summed E-state index contributed by atoms with van der Waals surface area (Å²) < 4.78 is 11.8. The molecule has 1 saturated heterocycles. The van der Waals surface area contributed by atoms with Crippen molar-refractivity contribution in [3.05, 3.63) is 6.33 Å². The van der Waals surface area contributed by atoms with Crippen LogP contribution in [0.1, 0.15) is 6.23 Å². The summed E-state index contributed by atoms with van der Waals surface area (Å²) in [5.41, 5.74) is 6.39. The van der Waals surface area contributed by atoms with Gasteiger partial charge in [-0.3, -0.25) is 4.57 Å². The largest absolute Gasteiger partial charge is 0.467 e. The van der Waals surface area contributed by atoms with Crippen LogP contribution in [0.25, 0.3) is 11.2 Å². The Morgan fingerprint density at radius 2 is 2.14 bits per heavy atom.